The van der Waals surface area contributed by atoms with Crippen molar-refractivity contribution in [3.8, 4) is 5.75 Å². The van der Waals surface area contributed by atoms with Crippen LogP contribution in [0.4, 0.5) is 5.69 Å². The number of hydrogen-bond acceptors (Lipinski definition) is 3. The molecule has 4 nitrogen and oxygen atoms in total. The normalized spacial score (nSPS) is 16.7. The molecule has 0 saturated carbocycles. The van der Waals surface area contributed by atoms with Crippen LogP contribution in [-0.2, 0) is 4.79 Å². The molecule has 1 saturated heterocycles. The molecule has 0 bridgehead atoms. The van der Waals surface area contributed by atoms with Gasteiger partial charge in [-0.05, 0) is 56.0 Å². The van der Waals surface area contributed by atoms with E-state index in [1.807, 2.05) is 31.2 Å². The number of carbonyl (C=O) groups excluding carboxylic acids is 1. The molecule has 1 heterocycles. The average molecular weight is 338 g/mol. The third-order valence-corrected chi connectivity index (χ3v) is 4.63. The third kappa shape index (κ3) is 4.99. The predicted molar refractivity (Wildman–Crippen MR) is 101 cm³/mol. The minimum absolute atomic E-state index is 0.0606. The molecule has 25 heavy (non-hydrogen) atoms. The van der Waals surface area contributed by atoms with Gasteiger partial charge >= 0.3 is 0 Å². The predicted octanol–water partition coefficient (Wildman–Crippen LogP) is 3.32. The van der Waals surface area contributed by atoms with E-state index in [-0.39, 0.29) is 12.5 Å². The zero-order valence-electron chi connectivity index (χ0n) is 15.0. The largest absolute Gasteiger partial charge is 0.484 e. The van der Waals surface area contributed by atoms with Crippen molar-refractivity contribution in [3.05, 3.63) is 59.7 Å². The molecule has 1 N–H and O–H groups in total. The van der Waals surface area contributed by atoms with Crippen LogP contribution in [0.2, 0.25) is 0 Å². The minimum Gasteiger partial charge on any atom is -0.484 e. The second-order valence-corrected chi connectivity index (χ2v) is 6.85. The number of nitrogens with zero attached hydrogens (tertiary/aromatic N) is 1. The van der Waals surface area contributed by atoms with Crippen molar-refractivity contribution in [2.75, 3.05) is 31.1 Å². The number of carbonyl (C=O) groups is 1. The van der Waals surface area contributed by atoms with Gasteiger partial charge in [0.15, 0.2) is 6.61 Å². The summed E-state index contributed by atoms with van der Waals surface area (Å²) >= 11 is 0. The fourth-order valence-electron chi connectivity index (χ4n) is 3.15. The quantitative estimate of drug-likeness (QED) is 0.878. The van der Waals surface area contributed by atoms with E-state index in [1.54, 1.807) is 0 Å². The average Bonchev–Trinajstić information content (AvgIpc) is 3.08. The van der Waals surface area contributed by atoms with E-state index in [4.69, 9.17) is 4.74 Å². The van der Waals surface area contributed by atoms with Crippen LogP contribution in [0.15, 0.2) is 48.5 Å². The monoisotopic (exact) mass is 338 g/mol. The summed E-state index contributed by atoms with van der Waals surface area (Å²) in [6.45, 7) is 6.95. The smallest absolute Gasteiger partial charge is 0.257 e. The summed E-state index contributed by atoms with van der Waals surface area (Å²) in [6.07, 6.45) is 1.10. The number of benzene rings is 2. The SMILES string of the molecule is Cc1ccc(OCC(=O)NCC2CCN(c3cccc(C)c3)C2)cc1. The van der Waals surface area contributed by atoms with Crippen LogP contribution in [0.1, 0.15) is 17.5 Å². The molecule has 1 amide bonds. The molecule has 1 fully saturated rings. The van der Waals surface area contributed by atoms with Crippen molar-refractivity contribution >= 4 is 11.6 Å². The first kappa shape index (κ1) is 17.3. The Labute approximate surface area is 149 Å². The van der Waals surface area contributed by atoms with Crippen LogP contribution >= 0.6 is 0 Å². The maximum atomic E-state index is 12.0. The number of nitrogens with one attached hydrogen (secondary N) is 1. The highest BCUT2D eigenvalue weighted by molar-refractivity contribution is 5.77. The van der Waals surface area contributed by atoms with Gasteiger partial charge in [0.25, 0.3) is 5.91 Å². The van der Waals surface area contributed by atoms with Crippen LogP contribution in [0.3, 0.4) is 0 Å². The Hall–Kier alpha value is -2.49. The molecular formula is C21H26N2O2. The molecule has 2 aromatic carbocycles. The minimum atomic E-state index is -0.0606. The molecule has 4 heteroatoms. The van der Waals surface area contributed by atoms with Crippen LogP contribution in [0, 0.1) is 19.8 Å². The lowest BCUT2D eigenvalue weighted by atomic mass is 10.1. The Morgan fingerprint density at radius 1 is 1.16 bits per heavy atom. The maximum Gasteiger partial charge on any atom is 0.257 e. The van der Waals surface area contributed by atoms with E-state index in [0.29, 0.717) is 12.5 Å². The molecule has 1 aliphatic rings. The van der Waals surface area contributed by atoms with Crippen molar-refractivity contribution < 1.29 is 9.53 Å². The van der Waals surface area contributed by atoms with Crippen molar-refractivity contribution in [1.82, 2.24) is 5.32 Å². The van der Waals surface area contributed by atoms with E-state index < -0.39 is 0 Å². The topological polar surface area (TPSA) is 41.6 Å². The third-order valence-electron chi connectivity index (χ3n) is 4.63. The molecule has 1 unspecified atom stereocenters. The van der Waals surface area contributed by atoms with E-state index >= 15 is 0 Å². The maximum absolute atomic E-state index is 12.0. The Balaban J connectivity index is 1.40. The van der Waals surface area contributed by atoms with Gasteiger partial charge in [0.2, 0.25) is 0 Å². The number of anilines is 1. The lowest BCUT2D eigenvalue weighted by Gasteiger charge is -2.19. The fraction of sp³-hybridized carbons (Fsp3) is 0.381. The van der Waals surface area contributed by atoms with E-state index in [9.17, 15) is 4.79 Å². The number of amides is 1. The summed E-state index contributed by atoms with van der Waals surface area (Å²) in [5, 5.41) is 3.00. The van der Waals surface area contributed by atoms with Crippen LogP contribution < -0.4 is 15.0 Å². The number of aryl methyl sites for hydroxylation is 2. The van der Waals surface area contributed by atoms with E-state index in [1.165, 1.54) is 16.8 Å². The first-order valence-electron chi connectivity index (χ1n) is 8.88. The number of rotatable bonds is 6. The zero-order valence-corrected chi connectivity index (χ0v) is 15.0. The summed E-state index contributed by atoms with van der Waals surface area (Å²) in [5.74, 6) is 1.16. The Bertz CT molecular complexity index is 712. The Morgan fingerprint density at radius 2 is 1.96 bits per heavy atom. The second kappa shape index (κ2) is 8.06. The molecule has 0 radical (unpaired) electrons. The van der Waals surface area contributed by atoms with Crippen LogP contribution in [-0.4, -0.2) is 32.1 Å². The van der Waals surface area contributed by atoms with Gasteiger partial charge in [-0.2, -0.15) is 0 Å². The van der Waals surface area contributed by atoms with E-state index in [0.717, 1.165) is 25.3 Å². The molecular weight excluding hydrogens is 312 g/mol. The van der Waals surface area contributed by atoms with Gasteiger partial charge in [-0.1, -0.05) is 29.8 Å². The number of ether oxygens (including phenoxy) is 1. The lowest BCUT2D eigenvalue weighted by Crippen LogP contribution is -2.34. The standard InChI is InChI=1S/C21H26N2O2/c1-16-6-8-20(9-7-16)25-15-21(24)22-13-18-10-11-23(14-18)19-5-3-4-17(2)12-19/h3-9,12,18H,10-11,13-15H2,1-2H3,(H,22,24). The van der Waals surface area contributed by atoms with Gasteiger partial charge in [0, 0.05) is 25.3 Å². The highest BCUT2D eigenvalue weighted by Crippen LogP contribution is 2.24. The highest BCUT2D eigenvalue weighted by Gasteiger charge is 2.23. The number of hydrogen-bond donors (Lipinski definition) is 1. The molecule has 1 aliphatic heterocycles. The van der Waals surface area contributed by atoms with E-state index in [2.05, 4.69) is 41.4 Å². The summed E-state index contributed by atoms with van der Waals surface area (Å²) in [4.78, 5) is 14.4. The molecule has 1 atom stereocenters. The first-order valence-corrected chi connectivity index (χ1v) is 8.88. The van der Waals surface area contributed by atoms with Crippen LogP contribution in [0.25, 0.3) is 0 Å². The molecule has 132 valence electrons. The van der Waals surface area contributed by atoms with Gasteiger partial charge in [0.05, 0.1) is 0 Å². The summed E-state index contributed by atoms with van der Waals surface area (Å²) < 4.78 is 5.52. The van der Waals surface area contributed by atoms with Gasteiger partial charge < -0.3 is 15.0 Å². The zero-order chi connectivity index (χ0) is 17.6. The summed E-state index contributed by atoms with van der Waals surface area (Å²) in [7, 11) is 0. The summed E-state index contributed by atoms with van der Waals surface area (Å²) in [5.41, 5.74) is 3.73. The van der Waals surface area contributed by atoms with Crippen LogP contribution in [0.5, 0.6) is 5.75 Å². The molecule has 3 rings (SSSR count). The van der Waals surface area contributed by atoms with Crippen molar-refractivity contribution in [2.45, 2.75) is 20.3 Å². The molecule has 0 spiro atoms. The summed E-state index contributed by atoms with van der Waals surface area (Å²) in [6, 6.07) is 16.3. The Kier molecular flexibility index (Phi) is 5.59. The Morgan fingerprint density at radius 3 is 2.72 bits per heavy atom. The van der Waals surface area contributed by atoms with Gasteiger partial charge in [-0.25, -0.2) is 0 Å². The second-order valence-electron chi connectivity index (χ2n) is 6.85. The molecule has 0 aliphatic carbocycles. The van der Waals surface area contributed by atoms with Crippen molar-refractivity contribution in [3.63, 3.8) is 0 Å². The van der Waals surface area contributed by atoms with Crippen molar-refractivity contribution in [2.24, 2.45) is 5.92 Å². The highest BCUT2D eigenvalue weighted by atomic mass is 16.5. The molecule has 2 aromatic rings. The van der Waals surface area contributed by atoms with Gasteiger partial charge in [-0.15, -0.1) is 0 Å². The van der Waals surface area contributed by atoms with Gasteiger partial charge in [-0.3, -0.25) is 4.79 Å². The first-order chi connectivity index (χ1) is 12.1. The van der Waals surface area contributed by atoms with Gasteiger partial charge in [0.1, 0.15) is 5.75 Å². The molecule has 0 aromatic heterocycles. The lowest BCUT2D eigenvalue weighted by molar-refractivity contribution is -0.123. The fourth-order valence-corrected chi connectivity index (χ4v) is 3.15. The van der Waals surface area contributed by atoms with Crippen molar-refractivity contribution in [1.29, 1.82) is 0 Å².